The first-order chi connectivity index (χ1) is 16.0. The number of hydrogen-bond donors (Lipinski definition) is 1. The van der Waals surface area contributed by atoms with E-state index in [4.69, 9.17) is 0 Å². The molecule has 9 heteroatoms. The third-order valence-corrected chi connectivity index (χ3v) is 6.82. The van der Waals surface area contributed by atoms with Crippen LogP contribution in [0.5, 0.6) is 0 Å². The van der Waals surface area contributed by atoms with E-state index in [-0.39, 0.29) is 43.8 Å². The SMILES string of the molecule is CCC(C)NC(=O)C(C)N(Cc1ccccc1)C(=O)CCCN(c1ccc(F)cc1)S(C)(=O)=O. The molecule has 0 fully saturated rings. The summed E-state index contributed by atoms with van der Waals surface area (Å²) >= 11 is 0. The molecule has 0 heterocycles. The Bertz CT molecular complexity index is 1050. The Morgan fingerprint density at radius 3 is 2.21 bits per heavy atom. The van der Waals surface area contributed by atoms with Crippen LogP contribution in [0.1, 0.15) is 45.6 Å². The topological polar surface area (TPSA) is 86.8 Å². The molecule has 0 aromatic heterocycles. The number of hydrogen-bond acceptors (Lipinski definition) is 4. The summed E-state index contributed by atoms with van der Waals surface area (Å²) < 4.78 is 39.0. The van der Waals surface area contributed by atoms with E-state index in [0.29, 0.717) is 5.69 Å². The van der Waals surface area contributed by atoms with Gasteiger partial charge in [-0.1, -0.05) is 37.3 Å². The molecule has 2 unspecified atom stereocenters. The molecular weight excluding hydrogens is 457 g/mol. The number of rotatable bonds is 12. The Hall–Kier alpha value is -2.94. The molecule has 0 radical (unpaired) electrons. The maximum Gasteiger partial charge on any atom is 0.242 e. The summed E-state index contributed by atoms with van der Waals surface area (Å²) in [5, 5.41) is 2.92. The van der Waals surface area contributed by atoms with E-state index in [1.54, 1.807) is 6.92 Å². The lowest BCUT2D eigenvalue weighted by atomic mass is 10.1. The van der Waals surface area contributed by atoms with Crippen LogP contribution in [0.25, 0.3) is 0 Å². The fraction of sp³-hybridized carbons (Fsp3) is 0.440. The molecule has 34 heavy (non-hydrogen) atoms. The Labute approximate surface area is 202 Å². The van der Waals surface area contributed by atoms with Gasteiger partial charge in [0.25, 0.3) is 0 Å². The van der Waals surface area contributed by atoms with E-state index in [2.05, 4.69) is 5.32 Å². The molecule has 2 amide bonds. The number of amides is 2. The summed E-state index contributed by atoms with van der Waals surface area (Å²) in [5.41, 5.74) is 1.22. The fourth-order valence-electron chi connectivity index (χ4n) is 3.44. The van der Waals surface area contributed by atoms with Gasteiger partial charge in [-0.25, -0.2) is 12.8 Å². The van der Waals surface area contributed by atoms with Crippen molar-refractivity contribution in [1.29, 1.82) is 0 Å². The Morgan fingerprint density at radius 1 is 1.03 bits per heavy atom. The molecule has 0 saturated carbocycles. The van der Waals surface area contributed by atoms with Crippen LogP contribution in [0.2, 0.25) is 0 Å². The lowest BCUT2D eigenvalue weighted by Gasteiger charge is -2.30. The van der Waals surface area contributed by atoms with Crippen molar-refractivity contribution in [2.75, 3.05) is 17.1 Å². The monoisotopic (exact) mass is 491 g/mol. The molecule has 0 bridgehead atoms. The molecular formula is C25H34FN3O4S. The van der Waals surface area contributed by atoms with E-state index in [1.807, 2.05) is 44.2 Å². The minimum Gasteiger partial charge on any atom is -0.352 e. The van der Waals surface area contributed by atoms with Crippen molar-refractivity contribution in [2.45, 2.75) is 58.7 Å². The number of anilines is 1. The van der Waals surface area contributed by atoms with Crippen molar-refractivity contribution in [3.63, 3.8) is 0 Å². The molecule has 2 aromatic carbocycles. The largest absolute Gasteiger partial charge is 0.352 e. The summed E-state index contributed by atoms with van der Waals surface area (Å²) in [6.07, 6.45) is 2.15. The van der Waals surface area contributed by atoms with Crippen LogP contribution in [0.4, 0.5) is 10.1 Å². The van der Waals surface area contributed by atoms with E-state index in [9.17, 15) is 22.4 Å². The highest BCUT2D eigenvalue weighted by Crippen LogP contribution is 2.19. The van der Waals surface area contributed by atoms with Gasteiger partial charge in [-0.3, -0.25) is 13.9 Å². The Kier molecular flexibility index (Phi) is 10.0. The molecule has 0 aliphatic heterocycles. The van der Waals surface area contributed by atoms with Gasteiger partial charge in [0.05, 0.1) is 11.9 Å². The van der Waals surface area contributed by atoms with Crippen LogP contribution in [-0.4, -0.2) is 50.0 Å². The molecule has 7 nitrogen and oxygen atoms in total. The van der Waals surface area contributed by atoms with Crippen LogP contribution in [0, 0.1) is 5.82 Å². The fourth-order valence-corrected chi connectivity index (χ4v) is 4.40. The highest BCUT2D eigenvalue weighted by molar-refractivity contribution is 7.92. The van der Waals surface area contributed by atoms with Gasteiger partial charge in [-0.05, 0) is 56.5 Å². The Morgan fingerprint density at radius 2 is 1.65 bits per heavy atom. The molecule has 1 N–H and O–H groups in total. The standard InChI is InChI=1S/C25H34FN3O4S/c1-5-19(2)27-25(31)20(3)28(18-21-10-7-6-8-11-21)24(30)12-9-17-29(34(4,32)33)23-15-13-22(26)14-16-23/h6-8,10-11,13-16,19-20H,5,9,12,17-18H2,1-4H3,(H,27,31). The normalized spacial score (nSPS) is 13.1. The molecule has 0 spiro atoms. The highest BCUT2D eigenvalue weighted by atomic mass is 32.2. The van der Waals surface area contributed by atoms with Gasteiger partial charge >= 0.3 is 0 Å². The summed E-state index contributed by atoms with van der Waals surface area (Å²) in [4.78, 5) is 27.5. The van der Waals surface area contributed by atoms with Crippen molar-refractivity contribution in [3.05, 3.63) is 66.0 Å². The van der Waals surface area contributed by atoms with Crippen LogP contribution in [0.15, 0.2) is 54.6 Å². The van der Waals surface area contributed by atoms with Crippen LogP contribution >= 0.6 is 0 Å². The Balaban J connectivity index is 2.13. The van der Waals surface area contributed by atoms with Crippen LogP contribution in [-0.2, 0) is 26.2 Å². The van der Waals surface area contributed by atoms with Gasteiger partial charge in [-0.2, -0.15) is 0 Å². The number of carbonyl (C=O) groups is 2. The van der Waals surface area contributed by atoms with Gasteiger partial charge < -0.3 is 10.2 Å². The van der Waals surface area contributed by atoms with Crippen molar-refractivity contribution >= 4 is 27.5 Å². The number of nitrogens with zero attached hydrogens (tertiary/aromatic N) is 2. The van der Waals surface area contributed by atoms with Gasteiger partial charge in [0, 0.05) is 25.6 Å². The second kappa shape index (κ2) is 12.5. The van der Waals surface area contributed by atoms with E-state index in [1.165, 1.54) is 29.2 Å². The van der Waals surface area contributed by atoms with E-state index >= 15 is 0 Å². The number of halogens is 1. The van der Waals surface area contributed by atoms with Crippen molar-refractivity contribution in [2.24, 2.45) is 0 Å². The second-order valence-electron chi connectivity index (χ2n) is 8.42. The lowest BCUT2D eigenvalue weighted by Crippen LogP contribution is -2.49. The van der Waals surface area contributed by atoms with Crippen LogP contribution in [0.3, 0.4) is 0 Å². The van der Waals surface area contributed by atoms with Gasteiger partial charge in [0.15, 0.2) is 0 Å². The van der Waals surface area contributed by atoms with Crippen molar-refractivity contribution < 1.29 is 22.4 Å². The first kappa shape index (κ1) is 27.3. The third kappa shape index (κ3) is 8.13. The molecule has 0 saturated heterocycles. The number of carbonyl (C=O) groups excluding carboxylic acids is 2. The predicted molar refractivity (Wildman–Crippen MR) is 132 cm³/mol. The maximum atomic E-state index is 13.3. The van der Waals surface area contributed by atoms with Crippen molar-refractivity contribution in [1.82, 2.24) is 10.2 Å². The minimum absolute atomic E-state index is 0.0114. The molecule has 186 valence electrons. The molecule has 2 aromatic rings. The smallest absolute Gasteiger partial charge is 0.242 e. The number of nitrogens with one attached hydrogen (secondary N) is 1. The average molecular weight is 492 g/mol. The highest BCUT2D eigenvalue weighted by Gasteiger charge is 2.27. The lowest BCUT2D eigenvalue weighted by molar-refractivity contribution is -0.140. The minimum atomic E-state index is -3.62. The zero-order valence-corrected chi connectivity index (χ0v) is 21.0. The summed E-state index contributed by atoms with van der Waals surface area (Å²) in [5.74, 6) is -0.945. The zero-order chi connectivity index (χ0) is 25.3. The first-order valence-electron chi connectivity index (χ1n) is 11.4. The molecule has 0 aliphatic carbocycles. The summed E-state index contributed by atoms with van der Waals surface area (Å²) in [7, 11) is -3.62. The third-order valence-electron chi connectivity index (χ3n) is 5.63. The van der Waals surface area contributed by atoms with Gasteiger partial charge in [0.2, 0.25) is 21.8 Å². The predicted octanol–water partition coefficient (Wildman–Crippen LogP) is 3.70. The molecule has 2 rings (SSSR count). The zero-order valence-electron chi connectivity index (χ0n) is 20.2. The van der Waals surface area contributed by atoms with Crippen LogP contribution < -0.4 is 9.62 Å². The molecule has 2 atom stereocenters. The number of sulfonamides is 1. The van der Waals surface area contributed by atoms with E-state index < -0.39 is 21.9 Å². The number of benzene rings is 2. The summed E-state index contributed by atoms with van der Waals surface area (Å²) in [6.45, 7) is 5.89. The average Bonchev–Trinajstić information content (AvgIpc) is 2.80. The maximum absolute atomic E-state index is 13.3. The van der Waals surface area contributed by atoms with Gasteiger partial charge in [-0.15, -0.1) is 0 Å². The second-order valence-corrected chi connectivity index (χ2v) is 10.3. The summed E-state index contributed by atoms with van der Waals surface area (Å²) in [6, 6.07) is 13.9. The molecule has 0 aliphatic rings. The first-order valence-corrected chi connectivity index (χ1v) is 13.2. The van der Waals surface area contributed by atoms with Crippen molar-refractivity contribution in [3.8, 4) is 0 Å². The van der Waals surface area contributed by atoms with Gasteiger partial charge in [0.1, 0.15) is 11.9 Å². The van der Waals surface area contributed by atoms with E-state index in [0.717, 1.165) is 22.5 Å². The quantitative estimate of drug-likeness (QED) is 0.491.